The molecular formula is C20H42K. The molecule has 0 aromatic rings. The Kier molecular flexibility index (Phi) is 28.3. The smallest absolute Gasteiger partial charge is 0 e. The Morgan fingerprint density at radius 1 is 0.286 bits per heavy atom. The number of hydrogen-bond donors (Lipinski definition) is 0. The van der Waals surface area contributed by atoms with Gasteiger partial charge in [-0.25, -0.2) is 0 Å². The monoisotopic (exact) mass is 321 g/mol. The second-order valence-corrected chi connectivity index (χ2v) is 6.66. The van der Waals surface area contributed by atoms with Crippen LogP contribution in [0.15, 0.2) is 0 Å². The molecule has 123 valence electrons. The molecule has 0 aliphatic rings. The number of hydrogen-bond acceptors (Lipinski definition) is 0. The van der Waals surface area contributed by atoms with E-state index in [1.54, 1.807) is 0 Å². The van der Waals surface area contributed by atoms with Crippen LogP contribution in [0.4, 0.5) is 0 Å². The third-order valence-electron chi connectivity index (χ3n) is 4.46. The van der Waals surface area contributed by atoms with Crippen molar-refractivity contribution in [1.82, 2.24) is 0 Å². The summed E-state index contributed by atoms with van der Waals surface area (Å²) in [6.07, 6.45) is 26.4. The maximum absolute atomic E-state index is 2.30. The van der Waals surface area contributed by atoms with Gasteiger partial charge in [-0.3, -0.25) is 0 Å². The molecule has 0 fully saturated rings. The predicted molar refractivity (Wildman–Crippen MR) is 100 cm³/mol. The van der Waals surface area contributed by atoms with E-state index in [0.29, 0.717) is 0 Å². The fourth-order valence-corrected chi connectivity index (χ4v) is 2.97. The van der Waals surface area contributed by atoms with E-state index in [9.17, 15) is 0 Å². The van der Waals surface area contributed by atoms with E-state index in [4.69, 9.17) is 0 Å². The molecule has 0 unspecified atom stereocenters. The Morgan fingerprint density at radius 3 is 0.571 bits per heavy atom. The molecule has 1 radical (unpaired) electrons. The topological polar surface area (TPSA) is 0 Å². The van der Waals surface area contributed by atoms with Gasteiger partial charge in [0.05, 0.1) is 0 Å². The normalized spacial score (nSPS) is 10.6. The molecule has 0 nitrogen and oxygen atoms in total. The van der Waals surface area contributed by atoms with E-state index in [2.05, 4.69) is 13.8 Å². The molecular weight excluding hydrogens is 279 g/mol. The minimum absolute atomic E-state index is 0. The molecule has 0 saturated heterocycles. The van der Waals surface area contributed by atoms with Gasteiger partial charge >= 0.3 is 0 Å². The molecule has 0 heterocycles. The summed E-state index contributed by atoms with van der Waals surface area (Å²) in [5.74, 6) is 0. The van der Waals surface area contributed by atoms with Crippen LogP contribution >= 0.6 is 0 Å². The maximum atomic E-state index is 2.30. The van der Waals surface area contributed by atoms with Crippen LogP contribution < -0.4 is 0 Å². The Labute approximate surface area is 179 Å². The summed E-state index contributed by atoms with van der Waals surface area (Å²) >= 11 is 0. The molecule has 1 heteroatoms. The molecule has 0 spiro atoms. The van der Waals surface area contributed by atoms with E-state index in [1.165, 1.54) is 116 Å². The van der Waals surface area contributed by atoms with Crippen LogP contribution in [0, 0.1) is 0 Å². The maximum Gasteiger partial charge on any atom is 0 e. The Morgan fingerprint density at radius 2 is 0.429 bits per heavy atom. The molecule has 0 atom stereocenters. The molecule has 0 aliphatic heterocycles. The predicted octanol–water partition coefficient (Wildman–Crippen LogP) is 7.67. The van der Waals surface area contributed by atoms with E-state index in [0.717, 1.165) is 0 Å². The first kappa shape index (κ1) is 24.9. The van der Waals surface area contributed by atoms with Crippen molar-refractivity contribution >= 4 is 51.4 Å². The van der Waals surface area contributed by atoms with Crippen molar-refractivity contribution in [1.29, 1.82) is 0 Å². The summed E-state index contributed by atoms with van der Waals surface area (Å²) in [4.78, 5) is 0. The molecule has 0 amide bonds. The van der Waals surface area contributed by atoms with Gasteiger partial charge in [-0.05, 0) is 0 Å². The van der Waals surface area contributed by atoms with E-state index < -0.39 is 0 Å². The molecule has 0 N–H and O–H groups in total. The quantitative estimate of drug-likeness (QED) is 0.190. The zero-order chi connectivity index (χ0) is 14.7. The molecule has 0 aromatic heterocycles. The zero-order valence-corrected chi connectivity index (χ0v) is 18.9. The van der Waals surface area contributed by atoms with Gasteiger partial charge in [0.2, 0.25) is 0 Å². The minimum atomic E-state index is 0. The summed E-state index contributed by atoms with van der Waals surface area (Å²) in [6, 6.07) is 0. The van der Waals surface area contributed by atoms with Crippen molar-refractivity contribution in [3.63, 3.8) is 0 Å². The minimum Gasteiger partial charge on any atom is -0.0654 e. The van der Waals surface area contributed by atoms with Crippen LogP contribution in [0.3, 0.4) is 0 Å². The van der Waals surface area contributed by atoms with Crippen molar-refractivity contribution < 1.29 is 0 Å². The largest absolute Gasteiger partial charge is 0.0654 e. The standard InChI is InChI=1S/C20H42.K/c1-3-5-7-9-11-13-15-17-19-20-18-16-14-12-10-8-6-4-2;/h3-20H2,1-2H3;. The molecule has 0 bridgehead atoms. The summed E-state index contributed by atoms with van der Waals surface area (Å²) < 4.78 is 0. The van der Waals surface area contributed by atoms with Crippen LogP contribution in [0.2, 0.25) is 0 Å². The zero-order valence-electron chi connectivity index (χ0n) is 15.7. The third kappa shape index (κ3) is 24.0. The van der Waals surface area contributed by atoms with Gasteiger partial charge in [0.1, 0.15) is 0 Å². The van der Waals surface area contributed by atoms with Crippen molar-refractivity contribution in [3.8, 4) is 0 Å². The fraction of sp³-hybridized carbons (Fsp3) is 1.00. The van der Waals surface area contributed by atoms with Gasteiger partial charge in [0.15, 0.2) is 0 Å². The average molecular weight is 322 g/mol. The Bertz CT molecular complexity index is 138. The first-order valence-electron chi connectivity index (χ1n) is 9.91. The van der Waals surface area contributed by atoms with Gasteiger partial charge in [0, 0.05) is 51.4 Å². The molecule has 0 saturated carbocycles. The molecule has 21 heavy (non-hydrogen) atoms. The second-order valence-electron chi connectivity index (χ2n) is 6.66. The van der Waals surface area contributed by atoms with Gasteiger partial charge in [-0.15, -0.1) is 0 Å². The Balaban J connectivity index is 0. The Hall–Kier alpha value is 1.64. The van der Waals surface area contributed by atoms with Crippen LogP contribution in [0.25, 0.3) is 0 Å². The second kappa shape index (κ2) is 23.9. The van der Waals surface area contributed by atoms with E-state index in [1.807, 2.05) is 0 Å². The molecule has 0 aliphatic carbocycles. The first-order valence-corrected chi connectivity index (χ1v) is 9.91. The summed E-state index contributed by atoms with van der Waals surface area (Å²) in [5.41, 5.74) is 0. The van der Waals surface area contributed by atoms with Crippen molar-refractivity contribution in [2.45, 2.75) is 129 Å². The van der Waals surface area contributed by atoms with Crippen molar-refractivity contribution in [2.75, 3.05) is 0 Å². The fourth-order valence-electron chi connectivity index (χ4n) is 2.97. The SMILES string of the molecule is CCCCCCCCCCCCCCCCCCCC.[K]. The summed E-state index contributed by atoms with van der Waals surface area (Å²) in [5, 5.41) is 0. The summed E-state index contributed by atoms with van der Waals surface area (Å²) in [7, 11) is 0. The van der Waals surface area contributed by atoms with Crippen LogP contribution in [-0.4, -0.2) is 51.4 Å². The van der Waals surface area contributed by atoms with E-state index in [-0.39, 0.29) is 51.4 Å². The average Bonchev–Trinajstić information content (AvgIpc) is 2.47. The van der Waals surface area contributed by atoms with Gasteiger partial charge in [-0.2, -0.15) is 0 Å². The van der Waals surface area contributed by atoms with E-state index >= 15 is 0 Å². The van der Waals surface area contributed by atoms with Gasteiger partial charge in [-0.1, -0.05) is 129 Å². The van der Waals surface area contributed by atoms with Crippen molar-refractivity contribution in [2.24, 2.45) is 0 Å². The number of unbranched alkanes of at least 4 members (excludes halogenated alkanes) is 17. The molecule has 0 aromatic carbocycles. The summed E-state index contributed by atoms with van der Waals surface area (Å²) in [6.45, 7) is 4.59. The molecule has 0 rings (SSSR count). The van der Waals surface area contributed by atoms with Crippen molar-refractivity contribution in [3.05, 3.63) is 0 Å². The number of rotatable bonds is 17. The third-order valence-corrected chi connectivity index (χ3v) is 4.46. The first-order chi connectivity index (χ1) is 9.91. The van der Waals surface area contributed by atoms with Crippen LogP contribution in [-0.2, 0) is 0 Å². The van der Waals surface area contributed by atoms with Gasteiger partial charge in [0.25, 0.3) is 0 Å². The van der Waals surface area contributed by atoms with Gasteiger partial charge < -0.3 is 0 Å². The van der Waals surface area contributed by atoms with Crippen LogP contribution in [0.5, 0.6) is 0 Å². The van der Waals surface area contributed by atoms with Crippen LogP contribution in [0.1, 0.15) is 129 Å².